The maximum Gasteiger partial charge on any atom is 0.155 e. The number of benzene rings is 1. The molecule has 6 rings (SSSR count). The molecule has 1 aliphatic heterocycles. The molecule has 0 amide bonds. The van der Waals surface area contributed by atoms with Gasteiger partial charge in [-0.1, -0.05) is 89.5 Å². The van der Waals surface area contributed by atoms with Gasteiger partial charge in [-0.3, -0.25) is 0 Å². The topological polar surface area (TPSA) is 12.5 Å². The molecule has 4 saturated carbocycles. The SMILES string of the molecule is CC(C)CCC[C@H](C)[C@H]1CC[C@@H]2[C@H]3CC[C@@H]4C[C@]5(C#Cc6ccccc6Cl)O[C@H]5C[C@]4(C)[C@H]3CC[C@@]21C. The molecule has 0 bridgehead atoms. The van der Waals surface area contributed by atoms with Crippen molar-refractivity contribution < 1.29 is 4.74 Å². The molecule has 37 heavy (non-hydrogen) atoms. The zero-order chi connectivity index (χ0) is 26.0. The molecule has 2 heteroatoms. The Balaban J connectivity index is 1.15. The van der Waals surface area contributed by atoms with Crippen LogP contribution < -0.4 is 0 Å². The first kappa shape index (κ1) is 26.3. The standard InChI is InChI=1S/C35H49ClO/c1-23(2)9-8-10-24(3)28-15-16-29-27-14-13-26-21-35(20-17-25-11-6-7-12-31(25)36)32(37-35)22-34(26,5)30(27)18-19-33(28,29)4/h6-7,11-12,23-24,26-30,32H,8-10,13-16,18-19,21-22H2,1-5H3/t24-,26+,27+,28+,29+,30-,32-,33+,34-,35-/m0/s1. The Kier molecular flexibility index (Phi) is 6.81. The molecule has 10 atom stereocenters. The van der Waals surface area contributed by atoms with Gasteiger partial charge in [0, 0.05) is 5.56 Å². The lowest BCUT2D eigenvalue weighted by molar-refractivity contribution is -0.112. The van der Waals surface area contributed by atoms with E-state index in [2.05, 4.69) is 46.5 Å². The quantitative estimate of drug-likeness (QED) is 0.278. The summed E-state index contributed by atoms with van der Waals surface area (Å²) in [6, 6.07) is 7.96. The van der Waals surface area contributed by atoms with Gasteiger partial charge in [0.05, 0.1) is 5.02 Å². The van der Waals surface area contributed by atoms with Crippen molar-refractivity contribution in [3.8, 4) is 11.8 Å². The van der Waals surface area contributed by atoms with Crippen molar-refractivity contribution >= 4 is 11.6 Å². The van der Waals surface area contributed by atoms with E-state index in [1.54, 1.807) is 0 Å². The fraction of sp³-hybridized carbons (Fsp3) is 0.771. The molecule has 1 aromatic carbocycles. The van der Waals surface area contributed by atoms with Gasteiger partial charge in [-0.2, -0.15) is 0 Å². The van der Waals surface area contributed by atoms with Crippen molar-refractivity contribution in [1.82, 2.24) is 0 Å². The number of rotatable bonds is 5. The summed E-state index contributed by atoms with van der Waals surface area (Å²) in [5.74, 6) is 13.2. The van der Waals surface area contributed by atoms with Crippen LogP contribution in [-0.4, -0.2) is 11.7 Å². The summed E-state index contributed by atoms with van der Waals surface area (Å²) >= 11 is 6.39. The van der Waals surface area contributed by atoms with Crippen LogP contribution in [0.5, 0.6) is 0 Å². The Morgan fingerprint density at radius 1 is 0.946 bits per heavy atom. The van der Waals surface area contributed by atoms with Gasteiger partial charge in [-0.05, 0) is 116 Å². The molecule has 1 heterocycles. The van der Waals surface area contributed by atoms with E-state index in [4.69, 9.17) is 16.3 Å². The van der Waals surface area contributed by atoms with E-state index in [0.717, 1.165) is 58.4 Å². The van der Waals surface area contributed by atoms with Gasteiger partial charge in [0.15, 0.2) is 5.60 Å². The monoisotopic (exact) mass is 520 g/mol. The molecule has 202 valence electrons. The first-order valence-electron chi connectivity index (χ1n) is 15.6. The van der Waals surface area contributed by atoms with Gasteiger partial charge < -0.3 is 4.74 Å². The van der Waals surface area contributed by atoms with Gasteiger partial charge in [-0.25, -0.2) is 0 Å². The Labute approximate surface area is 231 Å². The maximum atomic E-state index is 6.46. The normalized spacial score (nSPS) is 44.6. The lowest BCUT2D eigenvalue weighted by Gasteiger charge is -2.60. The van der Waals surface area contributed by atoms with Crippen molar-refractivity contribution in [2.45, 2.75) is 117 Å². The molecule has 0 aromatic heterocycles. The number of epoxide rings is 1. The highest BCUT2D eigenvalue weighted by Gasteiger charge is 2.68. The summed E-state index contributed by atoms with van der Waals surface area (Å²) in [4.78, 5) is 0. The lowest BCUT2D eigenvalue weighted by Crippen LogP contribution is -2.54. The molecule has 1 saturated heterocycles. The molecule has 5 aliphatic rings. The summed E-state index contributed by atoms with van der Waals surface area (Å²) in [6.45, 7) is 12.7. The predicted octanol–water partition coefficient (Wildman–Crippen LogP) is 9.56. The third kappa shape index (κ3) is 4.42. The third-order valence-corrected chi connectivity index (χ3v) is 12.9. The van der Waals surface area contributed by atoms with Crippen molar-refractivity contribution in [3.05, 3.63) is 34.9 Å². The van der Waals surface area contributed by atoms with Gasteiger partial charge in [0.1, 0.15) is 6.10 Å². The summed E-state index contributed by atoms with van der Waals surface area (Å²) in [6.07, 6.45) is 15.6. The number of fused-ring (bicyclic) bond motifs is 6. The Morgan fingerprint density at radius 2 is 1.73 bits per heavy atom. The molecule has 0 radical (unpaired) electrons. The van der Waals surface area contributed by atoms with Gasteiger partial charge in [0.25, 0.3) is 0 Å². The molecule has 1 nitrogen and oxygen atoms in total. The second-order valence-electron chi connectivity index (χ2n) is 14.8. The largest absolute Gasteiger partial charge is 0.352 e. The van der Waals surface area contributed by atoms with E-state index in [1.807, 2.05) is 24.3 Å². The summed E-state index contributed by atoms with van der Waals surface area (Å²) < 4.78 is 6.46. The maximum absolute atomic E-state index is 6.46. The first-order valence-corrected chi connectivity index (χ1v) is 16.0. The average molecular weight is 521 g/mol. The minimum absolute atomic E-state index is 0.205. The number of halogens is 1. The van der Waals surface area contributed by atoms with E-state index < -0.39 is 0 Å². The minimum Gasteiger partial charge on any atom is -0.352 e. The van der Waals surface area contributed by atoms with Crippen LogP contribution in [0.3, 0.4) is 0 Å². The average Bonchev–Trinajstić information content (AvgIpc) is 3.41. The zero-order valence-electron chi connectivity index (χ0n) is 24.0. The molecule has 0 unspecified atom stereocenters. The van der Waals surface area contributed by atoms with Crippen LogP contribution in [0.25, 0.3) is 0 Å². The summed E-state index contributed by atoms with van der Waals surface area (Å²) in [7, 11) is 0. The molecular weight excluding hydrogens is 472 g/mol. The minimum atomic E-state index is -0.205. The van der Waals surface area contributed by atoms with Crippen LogP contribution in [0.15, 0.2) is 24.3 Å². The number of ether oxygens (including phenoxy) is 1. The molecule has 0 N–H and O–H groups in total. The van der Waals surface area contributed by atoms with E-state index >= 15 is 0 Å². The van der Waals surface area contributed by atoms with E-state index in [0.29, 0.717) is 16.9 Å². The van der Waals surface area contributed by atoms with Crippen molar-refractivity contribution in [2.75, 3.05) is 0 Å². The fourth-order valence-corrected chi connectivity index (χ4v) is 10.7. The summed E-state index contributed by atoms with van der Waals surface area (Å²) in [5.41, 5.74) is 1.74. The Morgan fingerprint density at radius 3 is 2.51 bits per heavy atom. The van der Waals surface area contributed by atoms with E-state index in [1.165, 1.54) is 64.2 Å². The lowest BCUT2D eigenvalue weighted by atomic mass is 9.44. The van der Waals surface area contributed by atoms with Crippen molar-refractivity contribution in [1.29, 1.82) is 0 Å². The van der Waals surface area contributed by atoms with E-state index in [-0.39, 0.29) is 5.60 Å². The Hall–Kier alpha value is -0.970. The van der Waals surface area contributed by atoms with Crippen LogP contribution >= 0.6 is 11.6 Å². The highest BCUT2D eigenvalue weighted by Crippen LogP contribution is 2.71. The fourth-order valence-electron chi connectivity index (χ4n) is 10.5. The second kappa shape index (κ2) is 9.59. The third-order valence-electron chi connectivity index (χ3n) is 12.5. The van der Waals surface area contributed by atoms with Crippen LogP contribution in [0, 0.1) is 64.1 Å². The zero-order valence-corrected chi connectivity index (χ0v) is 24.7. The van der Waals surface area contributed by atoms with Crippen LogP contribution in [0.2, 0.25) is 5.02 Å². The molecular formula is C35H49ClO. The van der Waals surface area contributed by atoms with Crippen molar-refractivity contribution in [2.24, 2.45) is 52.3 Å². The molecule has 4 aliphatic carbocycles. The smallest absolute Gasteiger partial charge is 0.155 e. The molecule has 1 aromatic rings. The predicted molar refractivity (Wildman–Crippen MR) is 154 cm³/mol. The van der Waals surface area contributed by atoms with Gasteiger partial charge in [-0.15, -0.1) is 0 Å². The highest BCUT2D eigenvalue weighted by atomic mass is 35.5. The number of hydrogen-bond acceptors (Lipinski definition) is 1. The summed E-state index contributed by atoms with van der Waals surface area (Å²) in [5, 5.41) is 0.749. The van der Waals surface area contributed by atoms with Crippen molar-refractivity contribution in [3.63, 3.8) is 0 Å². The van der Waals surface area contributed by atoms with Gasteiger partial charge in [0.2, 0.25) is 0 Å². The van der Waals surface area contributed by atoms with Gasteiger partial charge >= 0.3 is 0 Å². The van der Waals surface area contributed by atoms with Crippen LogP contribution in [0.4, 0.5) is 0 Å². The molecule has 5 fully saturated rings. The molecule has 0 spiro atoms. The second-order valence-corrected chi connectivity index (χ2v) is 15.2. The number of hydrogen-bond donors (Lipinski definition) is 0. The van der Waals surface area contributed by atoms with Crippen LogP contribution in [-0.2, 0) is 4.74 Å². The first-order chi connectivity index (χ1) is 17.7. The van der Waals surface area contributed by atoms with Crippen LogP contribution in [0.1, 0.15) is 111 Å². The highest BCUT2D eigenvalue weighted by molar-refractivity contribution is 6.31. The Bertz CT molecular complexity index is 1070. The van der Waals surface area contributed by atoms with E-state index in [9.17, 15) is 0 Å².